The summed E-state index contributed by atoms with van der Waals surface area (Å²) in [6.45, 7) is 0.733. The molecule has 1 heterocycles. The lowest BCUT2D eigenvalue weighted by molar-refractivity contribution is -0.125. The van der Waals surface area contributed by atoms with Crippen LogP contribution in [-0.4, -0.2) is 51.2 Å². The molecule has 8 nitrogen and oxygen atoms in total. The summed E-state index contributed by atoms with van der Waals surface area (Å²) in [5.74, 6) is 1.44. The van der Waals surface area contributed by atoms with Crippen molar-refractivity contribution in [3.63, 3.8) is 0 Å². The molecule has 1 fully saturated rings. The van der Waals surface area contributed by atoms with Crippen LogP contribution in [0.3, 0.4) is 0 Å². The summed E-state index contributed by atoms with van der Waals surface area (Å²) in [5, 5.41) is 6.65. The number of hydrogen-bond acceptors (Lipinski definition) is 6. The highest BCUT2D eigenvalue weighted by atomic mass is 16.5. The van der Waals surface area contributed by atoms with Gasteiger partial charge in [0.05, 0.1) is 38.1 Å². The molecule has 4 rings (SSSR count). The lowest BCUT2D eigenvalue weighted by Gasteiger charge is -2.20. The summed E-state index contributed by atoms with van der Waals surface area (Å²) in [6, 6.07) is 12.9. The zero-order chi connectivity index (χ0) is 25.5. The van der Waals surface area contributed by atoms with E-state index in [1.165, 1.54) is 6.42 Å². The fourth-order valence-electron chi connectivity index (χ4n) is 4.71. The second-order valence-electron chi connectivity index (χ2n) is 8.87. The van der Waals surface area contributed by atoms with Gasteiger partial charge in [-0.2, -0.15) is 0 Å². The van der Waals surface area contributed by atoms with Gasteiger partial charge >= 0.3 is 0 Å². The molecule has 0 radical (unpaired) electrons. The lowest BCUT2D eigenvalue weighted by Crippen LogP contribution is -2.38. The third kappa shape index (κ3) is 5.53. The predicted molar refractivity (Wildman–Crippen MR) is 139 cm³/mol. The van der Waals surface area contributed by atoms with Crippen LogP contribution in [0.1, 0.15) is 42.5 Å². The molecule has 1 aliphatic rings. The van der Waals surface area contributed by atoms with Crippen molar-refractivity contribution in [3.8, 4) is 28.5 Å². The molecule has 0 spiro atoms. The number of benzene rings is 2. The van der Waals surface area contributed by atoms with Crippen LogP contribution in [0.4, 0.5) is 0 Å². The normalized spacial score (nSPS) is 13.8. The van der Waals surface area contributed by atoms with E-state index >= 15 is 0 Å². The molecule has 1 saturated carbocycles. The standard InChI is InChI=1S/C28H33N3O5/c1-34-24-15-19(16-25(35-2)26(24)36-3)23-17-21(20-11-7-8-12-22(20)31-23)28(33)30-14-13-29-27(32)18-9-5-4-6-10-18/h7-8,11-12,15-18H,4-6,9-10,13-14H2,1-3H3,(H,29,32)(H,30,33). The molecule has 1 aromatic heterocycles. The maximum Gasteiger partial charge on any atom is 0.252 e. The van der Waals surface area contributed by atoms with Crippen molar-refractivity contribution in [3.05, 3.63) is 48.0 Å². The van der Waals surface area contributed by atoms with E-state index in [9.17, 15) is 9.59 Å². The maximum absolute atomic E-state index is 13.2. The number of aromatic nitrogens is 1. The summed E-state index contributed by atoms with van der Waals surface area (Å²) in [6.07, 6.45) is 5.32. The number of hydrogen-bond donors (Lipinski definition) is 2. The van der Waals surface area contributed by atoms with Crippen molar-refractivity contribution in [1.82, 2.24) is 15.6 Å². The van der Waals surface area contributed by atoms with E-state index < -0.39 is 0 Å². The summed E-state index contributed by atoms with van der Waals surface area (Å²) in [5.41, 5.74) is 2.52. The van der Waals surface area contributed by atoms with E-state index in [4.69, 9.17) is 19.2 Å². The molecule has 3 aromatic rings. The summed E-state index contributed by atoms with van der Waals surface area (Å²) in [4.78, 5) is 30.4. The molecule has 1 aliphatic carbocycles. The number of ether oxygens (including phenoxy) is 3. The summed E-state index contributed by atoms with van der Waals surface area (Å²) in [7, 11) is 4.66. The van der Waals surface area contributed by atoms with Crippen LogP contribution in [0.5, 0.6) is 17.2 Å². The Morgan fingerprint density at radius 3 is 2.22 bits per heavy atom. The maximum atomic E-state index is 13.2. The van der Waals surface area contributed by atoms with E-state index in [0.29, 0.717) is 47.1 Å². The van der Waals surface area contributed by atoms with Crippen LogP contribution < -0.4 is 24.8 Å². The number of nitrogens with zero attached hydrogens (tertiary/aromatic N) is 1. The Morgan fingerprint density at radius 1 is 0.889 bits per heavy atom. The number of amides is 2. The van der Waals surface area contributed by atoms with Gasteiger partial charge in [0.1, 0.15) is 0 Å². The third-order valence-corrected chi connectivity index (χ3v) is 6.61. The van der Waals surface area contributed by atoms with Gasteiger partial charge in [0, 0.05) is 30.0 Å². The van der Waals surface area contributed by atoms with Gasteiger partial charge in [-0.15, -0.1) is 0 Å². The van der Waals surface area contributed by atoms with Crippen LogP contribution >= 0.6 is 0 Å². The van der Waals surface area contributed by atoms with Crippen molar-refractivity contribution < 1.29 is 23.8 Å². The summed E-state index contributed by atoms with van der Waals surface area (Å²) >= 11 is 0. The van der Waals surface area contributed by atoms with Gasteiger partial charge in [0.2, 0.25) is 11.7 Å². The minimum atomic E-state index is -0.228. The fourth-order valence-corrected chi connectivity index (χ4v) is 4.71. The zero-order valence-electron chi connectivity index (χ0n) is 21.1. The molecule has 8 heteroatoms. The van der Waals surface area contributed by atoms with Gasteiger partial charge < -0.3 is 24.8 Å². The van der Waals surface area contributed by atoms with Crippen LogP contribution in [-0.2, 0) is 4.79 Å². The Kier molecular flexibility index (Phi) is 8.25. The smallest absolute Gasteiger partial charge is 0.252 e. The van der Waals surface area contributed by atoms with Crippen molar-refractivity contribution in [1.29, 1.82) is 0 Å². The van der Waals surface area contributed by atoms with Gasteiger partial charge in [0.25, 0.3) is 5.91 Å². The Balaban J connectivity index is 1.55. The first-order valence-corrected chi connectivity index (χ1v) is 12.3. The second kappa shape index (κ2) is 11.7. The molecule has 2 amide bonds. The minimum absolute atomic E-state index is 0.0861. The molecule has 0 unspecified atom stereocenters. The largest absolute Gasteiger partial charge is 0.493 e. The molecule has 2 aromatic carbocycles. The highest BCUT2D eigenvalue weighted by molar-refractivity contribution is 6.07. The molecular formula is C28H33N3O5. The molecule has 0 atom stereocenters. The Bertz CT molecular complexity index is 1210. The quantitative estimate of drug-likeness (QED) is 0.432. The van der Waals surface area contributed by atoms with Crippen LogP contribution in [0.25, 0.3) is 22.2 Å². The zero-order valence-corrected chi connectivity index (χ0v) is 21.1. The first-order valence-electron chi connectivity index (χ1n) is 12.3. The van der Waals surface area contributed by atoms with Crippen LogP contribution in [0.2, 0.25) is 0 Å². The number of para-hydroxylation sites is 1. The molecule has 0 saturated heterocycles. The van der Waals surface area contributed by atoms with E-state index in [1.54, 1.807) is 39.5 Å². The predicted octanol–water partition coefficient (Wildman–Crippen LogP) is 4.35. The van der Waals surface area contributed by atoms with Crippen molar-refractivity contribution >= 4 is 22.7 Å². The molecular weight excluding hydrogens is 458 g/mol. The van der Waals surface area contributed by atoms with Crippen LogP contribution in [0, 0.1) is 5.92 Å². The number of carbonyl (C=O) groups excluding carboxylic acids is 2. The average molecular weight is 492 g/mol. The van der Waals surface area contributed by atoms with Gasteiger partial charge in [-0.25, -0.2) is 4.98 Å². The van der Waals surface area contributed by atoms with Crippen molar-refractivity contribution in [2.75, 3.05) is 34.4 Å². The van der Waals surface area contributed by atoms with Gasteiger partial charge in [0.15, 0.2) is 11.5 Å². The van der Waals surface area contributed by atoms with Crippen molar-refractivity contribution in [2.45, 2.75) is 32.1 Å². The Labute approximate surface area is 211 Å². The van der Waals surface area contributed by atoms with Crippen LogP contribution in [0.15, 0.2) is 42.5 Å². The molecule has 0 aliphatic heterocycles. The van der Waals surface area contributed by atoms with Gasteiger partial charge in [-0.05, 0) is 37.1 Å². The van der Waals surface area contributed by atoms with E-state index in [0.717, 1.165) is 36.6 Å². The molecule has 36 heavy (non-hydrogen) atoms. The second-order valence-corrected chi connectivity index (χ2v) is 8.87. The Hall–Kier alpha value is -3.81. The SMILES string of the molecule is COc1cc(-c2cc(C(=O)NCCNC(=O)C3CCCCC3)c3ccccc3n2)cc(OC)c1OC. The van der Waals surface area contributed by atoms with Gasteiger partial charge in [-0.1, -0.05) is 37.5 Å². The third-order valence-electron chi connectivity index (χ3n) is 6.61. The van der Waals surface area contributed by atoms with E-state index in [-0.39, 0.29) is 17.7 Å². The number of methoxy groups -OCH3 is 3. The fraction of sp³-hybridized carbons (Fsp3) is 0.393. The first-order chi connectivity index (χ1) is 17.5. The number of rotatable bonds is 9. The lowest BCUT2D eigenvalue weighted by atomic mass is 9.89. The van der Waals surface area contributed by atoms with E-state index in [2.05, 4.69) is 10.6 Å². The Morgan fingerprint density at radius 2 is 1.56 bits per heavy atom. The minimum Gasteiger partial charge on any atom is -0.493 e. The molecule has 2 N–H and O–H groups in total. The summed E-state index contributed by atoms with van der Waals surface area (Å²) < 4.78 is 16.4. The molecule has 0 bridgehead atoms. The van der Waals surface area contributed by atoms with E-state index in [1.807, 2.05) is 24.3 Å². The van der Waals surface area contributed by atoms with Crippen molar-refractivity contribution in [2.24, 2.45) is 5.92 Å². The number of carbonyl (C=O) groups is 2. The average Bonchev–Trinajstić information content (AvgIpc) is 2.93. The number of fused-ring (bicyclic) bond motifs is 1. The highest BCUT2D eigenvalue weighted by Crippen LogP contribution is 2.41. The van der Waals surface area contributed by atoms with Gasteiger partial charge in [-0.3, -0.25) is 9.59 Å². The number of pyridine rings is 1. The topological polar surface area (TPSA) is 98.8 Å². The molecule has 190 valence electrons. The highest BCUT2D eigenvalue weighted by Gasteiger charge is 2.21. The monoisotopic (exact) mass is 491 g/mol. The number of nitrogens with one attached hydrogen (secondary N) is 2. The first kappa shape index (κ1) is 25.3.